The molecule has 0 heterocycles. The van der Waals surface area contributed by atoms with Crippen LogP contribution in [0, 0.1) is 70.0 Å². The summed E-state index contributed by atoms with van der Waals surface area (Å²) in [6.45, 7) is 9.09. The lowest BCUT2D eigenvalue weighted by Gasteiger charge is -2.56. The largest absolute Gasteiger partial charge is 0.393 e. The summed E-state index contributed by atoms with van der Waals surface area (Å²) in [6.07, 6.45) is 15.8. The van der Waals surface area contributed by atoms with Crippen molar-refractivity contribution >= 4 is 25.8 Å². The van der Waals surface area contributed by atoms with E-state index in [1.54, 1.807) is 0 Å². The van der Waals surface area contributed by atoms with E-state index in [1.165, 1.54) is 30.4 Å². The predicted molar refractivity (Wildman–Crippen MR) is 171 cm³/mol. The Hall–Kier alpha value is -1.53. The zero-order valence-corrected chi connectivity index (χ0v) is 27.5. The van der Waals surface area contributed by atoms with Gasteiger partial charge in [0.2, 0.25) is 0 Å². The van der Waals surface area contributed by atoms with Crippen LogP contribution in [-0.4, -0.2) is 48.2 Å². The first-order chi connectivity index (χ1) is 20.4. The van der Waals surface area contributed by atoms with Crippen molar-refractivity contribution in [2.75, 3.05) is 0 Å². The van der Waals surface area contributed by atoms with Crippen molar-refractivity contribution in [2.24, 2.45) is 70.0 Å². The fourth-order valence-corrected chi connectivity index (χ4v) is 13.0. The first-order valence-corrected chi connectivity index (χ1v) is 17.8. The summed E-state index contributed by atoms with van der Waals surface area (Å²) < 4.78 is 0. The molecule has 0 aromatic heterocycles. The average molecular weight is 602 g/mol. The molecule has 6 saturated carbocycles. The van der Waals surface area contributed by atoms with Gasteiger partial charge in [0.15, 0.2) is 11.6 Å². The third-order valence-electron chi connectivity index (χ3n) is 14.9. The fourth-order valence-electron chi connectivity index (χ4n) is 13.0. The number of carbonyl (C=O) groups excluding carboxylic acids is 3. The van der Waals surface area contributed by atoms with E-state index in [2.05, 4.69) is 27.7 Å². The van der Waals surface area contributed by atoms with Crippen molar-refractivity contribution in [3.05, 3.63) is 23.3 Å². The Balaban J connectivity index is 0.000000153. The summed E-state index contributed by atoms with van der Waals surface area (Å²) in [4.78, 5) is 35.9. The van der Waals surface area contributed by atoms with Gasteiger partial charge >= 0.3 is 0 Å². The van der Waals surface area contributed by atoms with Crippen LogP contribution in [0.15, 0.2) is 23.3 Å². The maximum atomic E-state index is 12.4. The summed E-state index contributed by atoms with van der Waals surface area (Å²) in [5.41, 5.74) is 2.60. The van der Waals surface area contributed by atoms with E-state index < -0.39 is 6.10 Å². The van der Waals surface area contributed by atoms with Crippen LogP contribution in [0.25, 0.3) is 0 Å². The maximum absolute atomic E-state index is 12.4. The molecule has 8 aliphatic rings. The SMILES string of the molecule is C[C@@H]1CC2=CC(=O)CC[C@@H]2C2C1C1CCC(=O)[C@@]1(C)C[C@H]2O.C[C@@H]1CC2=CC(=O)CC[C@@H]2C2CC[C@@]3(C)C(CC[C@@H]3O)C21.[B]. The highest BCUT2D eigenvalue weighted by Crippen LogP contribution is 2.64. The van der Waals surface area contributed by atoms with E-state index in [0.717, 1.165) is 56.8 Å². The van der Waals surface area contributed by atoms with Gasteiger partial charge in [-0.3, -0.25) is 14.4 Å². The number of allylic oxidation sites excluding steroid dienone is 2. The number of Topliss-reactive ketones (excluding diaryl/α,β-unsaturated/α-hetero) is 1. The van der Waals surface area contributed by atoms with Crippen molar-refractivity contribution in [1.82, 2.24) is 0 Å². The van der Waals surface area contributed by atoms with Crippen molar-refractivity contribution in [1.29, 1.82) is 0 Å². The molecule has 0 aromatic rings. The van der Waals surface area contributed by atoms with E-state index in [4.69, 9.17) is 0 Å². The van der Waals surface area contributed by atoms with Crippen LogP contribution < -0.4 is 0 Å². The van der Waals surface area contributed by atoms with Gasteiger partial charge in [-0.2, -0.15) is 0 Å². The van der Waals surface area contributed by atoms with E-state index in [-0.39, 0.29) is 37.0 Å². The lowest BCUT2D eigenvalue weighted by atomic mass is 9.49. The molecule has 0 aromatic carbocycles. The Morgan fingerprint density at radius 2 is 1.32 bits per heavy atom. The van der Waals surface area contributed by atoms with E-state index in [1.807, 2.05) is 12.2 Å². The predicted octanol–water partition coefficient (Wildman–Crippen LogP) is 6.27. The molecule has 8 aliphatic carbocycles. The van der Waals surface area contributed by atoms with Gasteiger partial charge in [0.25, 0.3) is 0 Å². The summed E-state index contributed by atoms with van der Waals surface area (Å²) in [6, 6.07) is 0. The molecular formula is C38H54BO5. The second-order valence-corrected chi connectivity index (χ2v) is 16.9. The molecule has 6 fully saturated rings. The molecule has 0 bridgehead atoms. The molecule has 44 heavy (non-hydrogen) atoms. The average Bonchev–Trinajstić information content (AvgIpc) is 3.42. The third-order valence-corrected chi connectivity index (χ3v) is 14.9. The first-order valence-electron chi connectivity index (χ1n) is 17.8. The zero-order valence-electron chi connectivity index (χ0n) is 27.5. The number of hydrogen-bond acceptors (Lipinski definition) is 5. The molecule has 0 amide bonds. The standard InChI is InChI=1S/C19H26O3.C19H28O2.B/c1-10-7-11-8-12(20)3-4-13(11)18-15(21)9-19(2)14(17(10)18)5-6-16(19)22;1-11-9-12-10-13(20)3-4-14(12)15-7-8-19(2)16(18(11)15)5-6-17(19)21;/h8,10,13-15,17-18,21H,3-7,9H2,1-2H3;10-11,14-18,21H,3-9H2,1-2H3;/t10-,13+,14?,15-,17?,18?,19+;11-,14+,15?,16?,17+,18?,19+;/m11./s1. The Kier molecular flexibility index (Phi) is 8.56. The van der Waals surface area contributed by atoms with Crippen molar-refractivity contribution in [2.45, 2.75) is 123 Å². The summed E-state index contributed by atoms with van der Waals surface area (Å²) in [5.74, 6) is 6.54. The van der Waals surface area contributed by atoms with Crippen molar-refractivity contribution < 1.29 is 24.6 Å². The van der Waals surface area contributed by atoms with Crippen LogP contribution in [0.2, 0.25) is 0 Å². The van der Waals surface area contributed by atoms with E-state index in [0.29, 0.717) is 72.3 Å². The van der Waals surface area contributed by atoms with Gasteiger partial charge in [0, 0.05) is 33.1 Å². The van der Waals surface area contributed by atoms with E-state index in [9.17, 15) is 24.6 Å². The summed E-state index contributed by atoms with van der Waals surface area (Å²) in [5, 5.41) is 21.4. The van der Waals surface area contributed by atoms with Crippen LogP contribution >= 0.6 is 0 Å². The van der Waals surface area contributed by atoms with E-state index >= 15 is 0 Å². The van der Waals surface area contributed by atoms with Crippen LogP contribution in [0.1, 0.15) is 111 Å². The summed E-state index contributed by atoms with van der Waals surface area (Å²) in [7, 11) is 0. The minimum Gasteiger partial charge on any atom is -0.393 e. The van der Waals surface area contributed by atoms with Crippen LogP contribution in [0.3, 0.4) is 0 Å². The normalized spacial score (nSPS) is 50.6. The van der Waals surface area contributed by atoms with Crippen molar-refractivity contribution in [3.63, 3.8) is 0 Å². The van der Waals surface area contributed by atoms with Gasteiger partial charge in [-0.25, -0.2) is 0 Å². The van der Waals surface area contributed by atoms with Crippen LogP contribution in [0.4, 0.5) is 0 Å². The highest BCUT2D eigenvalue weighted by molar-refractivity contribution is 5.92. The number of rotatable bonds is 0. The Morgan fingerprint density at radius 1 is 0.705 bits per heavy atom. The van der Waals surface area contributed by atoms with Gasteiger partial charge in [0.1, 0.15) is 5.78 Å². The third kappa shape index (κ3) is 4.90. The van der Waals surface area contributed by atoms with Gasteiger partial charge in [-0.05, 0) is 141 Å². The smallest absolute Gasteiger partial charge is 0.155 e. The monoisotopic (exact) mass is 601 g/mol. The molecule has 239 valence electrons. The maximum Gasteiger partial charge on any atom is 0.155 e. The molecule has 0 aliphatic heterocycles. The van der Waals surface area contributed by atoms with Gasteiger partial charge in [-0.15, -0.1) is 0 Å². The molecule has 14 atom stereocenters. The van der Waals surface area contributed by atoms with Gasteiger partial charge in [-0.1, -0.05) is 38.8 Å². The van der Waals surface area contributed by atoms with Crippen LogP contribution in [-0.2, 0) is 14.4 Å². The lowest BCUT2D eigenvalue weighted by Crippen LogP contribution is -2.55. The fraction of sp³-hybridized carbons (Fsp3) is 0.816. The number of fused-ring (bicyclic) bond motifs is 10. The van der Waals surface area contributed by atoms with Crippen LogP contribution in [0.5, 0.6) is 0 Å². The highest BCUT2D eigenvalue weighted by atomic mass is 16.3. The Bertz CT molecular complexity index is 1250. The molecule has 6 unspecified atom stereocenters. The number of ketones is 3. The van der Waals surface area contributed by atoms with Gasteiger partial charge < -0.3 is 10.2 Å². The topological polar surface area (TPSA) is 91.7 Å². The Morgan fingerprint density at radius 3 is 2.00 bits per heavy atom. The molecule has 0 saturated heterocycles. The number of aliphatic hydroxyl groups excluding tert-OH is 2. The summed E-state index contributed by atoms with van der Waals surface area (Å²) >= 11 is 0. The highest BCUT2D eigenvalue weighted by Gasteiger charge is 2.61. The molecule has 2 N–H and O–H groups in total. The quantitative estimate of drug-likeness (QED) is 0.320. The number of hydrogen-bond donors (Lipinski definition) is 2. The Labute approximate surface area is 266 Å². The molecule has 0 spiro atoms. The lowest BCUT2D eigenvalue weighted by molar-refractivity contribution is -0.144. The zero-order chi connectivity index (χ0) is 30.4. The molecule has 5 nitrogen and oxygen atoms in total. The first kappa shape index (κ1) is 32.4. The minimum atomic E-state index is -0.391. The van der Waals surface area contributed by atoms with Gasteiger partial charge in [0.05, 0.1) is 12.2 Å². The molecule has 8 rings (SSSR count). The molecule has 3 radical (unpaired) electrons. The molecular weight excluding hydrogens is 547 g/mol. The second kappa shape index (κ2) is 11.6. The number of carbonyl (C=O) groups is 3. The van der Waals surface area contributed by atoms with Crippen molar-refractivity contribution in [3.8, 4) is 0 Å². The number of aliphatic hydroxyl groups is 2. The molecule has 6 heteroatoms. The second-order valence-electron chi connectivity index (χ2n) is 16.9. The minimum absolute atomic E-state index is 0.